The number of morpholine rings is 1. The maximum atomic E-state index is 6.05. The largest absolute Gasteiger partial charge is 0.379 e. The molecule has 0 N–H and O–H groups in total. The van der Waals surface area contributed by atoms with Gasteiger partial charge in [0, 0.05) is 40.5 Å². The first-order chi connectivity index (χ1) is 14.9. The first-order valence-electron chi connectivity index (χ1n) is 10.7. The average molecular weight is 505 g/mol. The summed E-state index contributed by atoms with van der Waals surface area (Å²) in [5.74, 6) is 0. The van der Waals surface area contributed by atoms with Crippen LogP contribution in [-0.2, 0) is 22.7 Å². The summed E-state index contributed by atoms with van der Waals surface area (Å²) in [6.45, 7) is 12.7. The van der Waals surface area contributed by atoms with Gasteiger partial charge in [-0.3, -0.25) is 14.5 Å². The molecule has 1 fully saturated rings. The Morgan fingerprint density at radius 3 is 2.65 bits per heavy atom. The summed E-state index contributed by atoms with van der Waals surface area (Å²) in [4.78, 5) is 16.3. The van der Waals surface area contributed by atoms with Crippen molar-refractivity contribution in [3.8, 4) is 11.4 Å². The lowest BCUT2D eigenvalue weighted by Crippen LogP contribution is -2.35. The molecular formula is C22H30BrN5O2Si. The molecule has 0 aromatic carbocycles. The molecule has 0 aliphatic carbocycles. The summed E-state index contributed by atoms with van der Waals surface area (Å²) < 4.78 is 14.3. The highest BCUT2D eigenvalue weighted by molar-refractivity contribution is 9.10. The molecule has 0 bridgehead atoms. The lowest BCUT2D eigenvalue weighted by atomic mass is 10.2. The molecule has 4 rings (SSSR count). The summed E-state index contributed by atoms with van der Waals surface area (Å²) in [5, 5.41) is 0. The molecule has 1 saturated heterocycles. The van der Waals surface area contributed by atoms with E-state index in [-0.39, 0.29) is 0 Å². The van der Waals surface area contributed by atoms with Gasteiger partial charge < -0.3 is 9.47 Å². The molecule has 0 amide bonds. The molecule has 9 heteroatoms. The predicted octanol–water partition coefficient (Wildman–Crippen LogP) is 4.40. The Bertz CT molecular complexity index is 1010. The van der Waals surface area contributed by atoms with Crippen molar-refractivity contribution in [2.75, 3.05) is 32.9 Å². The molecule has 0 saturated carbocycles. The van der Waals surface area contributed by atoms with Gasteiger partial charge in [0.15, 0.2) is 5.65 Å². The Hall–Kier alpha value is -1.65. The Balaban J connectivity index is 1.55. The van der Waals surface area contributed by atoms with Crippen LogP contribution in [0.5, 0.6) is 0 Å². The highest BCUT2D eigenvalue weighted by Crippen LogP contribution is 2.26. The first kappa shape index (κ1) is 22.5. The fraction of sp³-hybridized carbons (Fsp3) is 0.500. The third-order valence-electron chi connectivity index (χ3n) is 5.38. The van der Waals surface area contributed by atoms with Crippen LogP contribution in [0.4, 0.5) is 0 Å². The minimum Gasteiger partial charge on any atom is -0.379 e. The number of hydrogen-bond acceptors (Lipinski definition) is 6. The zero-order chi connectivity index (χ0) is 21.8. The molecule has 0 spiro atoms. The number of pyridine rings is 1. The molecule has 3 aromatic rings. The van der Waals surface area contributed by atoms with Crippen molar-refractivity contribution in [1.29, 1.82) is 0 Å². The van der Waals surface area contributed by atoms with Crippen molar-refractivity contribution in [3.05, 3.63) is 40.8 Å². The van der Waals surface area contributed by atoms with Gasteiger partial charge in [-0.25, -0.2) is 9.97 Å². The van der Waals surface area contributed by atoms with Crippen molar-refractivity contribution in [1.82, 2.24) is 24.4 Å². The second-order valence-electron chi connectivity index (χ2n) is 9.15. The standard InChI is InChI=1S/C22H30BrN5O2Si/c1-31(2,3)11-10-30-16-28-20(12-19-22(28)25-14-21(23)26-19)18-5-4-17(13-24-18)15-27-6-8-29-9-7-27/h4-5,12-14H,6-11,15-16H2,1-3H3. The maximum Gasteiger partial charge on any atom is 0.161 e. The lowest BCUT2D eigenvalue weighted by Gasteiger charge is -2.26. The second-order valence-corrected chi connectivity index (χ2v) is 15.6. The second kappa shape index (κ2) is 9.87. The van der Waals surface area contributed by atoms with E-state index in [4.69, 9.17) is 14.5 Å². The number of ether oxygens (including phenoxy) is 2. The zero-order valence-electron chi connectivity index (χ0n) is 18.5. The van der Waals surface area contributed by atoms with E-state index >= 15 is 0 Å². The van der Waals surface area contributed by atoms with Crippen LogP contribution in [0.2, 0.25) is 25.7 Å². The van der Waals surface area contributed by atoms with E-state index in [1.165, 1.54) is 5.56 Å². The number of fused-ring (bicyclic) bond motifs is 1. The molecule has 4 heterocycles. The normalized spacial score (nSPS) is 15.6. The molecule has 1 aliphatic heterocycles. The summed E-state index contributed by atoms with van der Waals surface area (Å²) in [6.07, 6.45) is 3.69. The molecule has 3 aromatic heterocycles. The minimum absolute atomic E-state index is 0.441. The van der Waals surface area contributed by atoms with Gasteiger partial charge in [-0.2, -0.15) is 0 Å². The van der Waals surface area contributed by atoms with Gasteiger partial charge in [0.2, 0.25) is 0 Å². The summed E-state index contributed by atoms with van der Waals surface area (Å²) in [6, 6.07) is 7.41. The summed E-state index contributed by atoms with van der Waals surface area (Å²) in [7, 11) is -1.14. The van der Waals surface area contributed by atoms with Gasteiger partial charge in [-0.1, -0.05) is 25.7 Å². The van der Waals surface area contributed by atoms with E-state index in [1.54, 1.807) is 6.20 Å². The smallest absolute Gasteiger partial charge is 0.161 e. The van der Waals surface area contributed by atoms with E-state index in [1.807, 2.05) is 12.3 Å². The van der Waals surface area contributed by atoms with E-state index in [0.29, 0.717) is 6.73 Å². The van der Waals surface area contributed by atoms with Crippen molar-refractivity contribution in [3.63, 3.8) is 0 Å². The minimum atomic E-state index is -1.14. The third-order valence-corrected chi connectivity index (χ3v) is 7.47. The first-order valence-corrected chi connectivity index (χ1v) is 15.2. The van der Waals surface area contributed by atoms with Crippen molar-refractivity contribution >= 4 is 35.2 Å². The molecule has 166 valence electrons. The van der Waals surface area contributed by atoms with Gasteiger partial charge in [0.05, 0.1) is 30.8 Å². The van der Waals surface area contributed by atoms with E-state index < -0.39 is 8.07 Å². The van der Waals surface area contributed by atoms with Crippen LogP contribution in [-0.4, -0.2) is 65.4 Å². The highest BCUT2D eigenvalue weighted by Gasteiger charge is 2.17. The number of aromatic nitrogens is 4. The highest BCUT2D eigenvalue weighted by atomic mass is 79.9. The Labute approximate surface area is 192 Å². The maximum absolute atomic E-state index is 6.05. The molecule has 0 radical (unpaired) electrons. The van der Waals surface area contributed by atoms with Crippen molar-refractivity contribution in [2.24, 2.45) is 0 Å². The average Bonchev–Trinajstić information content (AvgIpc) is 3.09. The molecule has 1 aliphatic rings. The van der Waals surface area contributed by atoms with Gasteiger partial charge in [0.25, 0.3) is 0 Å². The Kier molecular flexibility index (Phi) is 7.18. The van der Waals surface area contributed by atoms with Crippen molar-refractivity contribution in [2.45, 2.75) is 39.0 Å². The van der Waals surface area contributed by atoms with Gasteiger partial charge in [-0.15, -0.1) is 0 Å². The number of rotatable bonds is 8. The van der Waals surface area contributed by atoms with E-state index in [9.17, 15) is 0 Å². The number of hydrogen-bond donors (Lipinski definition) is 0. The SMILES string of the molecule is C[Si](C)(C)CCOCn1c(-c2ccc(CN3CCOCC3)cn2)cc2nc(Br)cnc21. The molecular weight excluding hydrogens is 474 g/mol. The molecule has 7 nitrogen and oxygen atoms in total. The van der Waals surface area contributed by atoms with Crippen LogP contribution in [0.15, 0.2) is 35.2 Å². The lowest BCUT2D eigenvalue weighted by molar-refractivity contribution is 0.0341. The van der Waals surface area contributed by atoms with Crippen molar-refractivity contribution < 1.29 is 9.47 Å². The van der Waals surface area contributed by atoms with Crippen LogP contribution < -0.4 is 0 Å². The van der Waals surface area contributed by atoms with Gasteiger partial charge >= 0.3 is 0 Å². The fourth-order valence-corrected chi connectivity index (χ4v) is 4.62. The van der Waals surface area contributed by atoms with Gasteiger partial charge in [0.1, 0.15) is 16.9 Å². The Morgan fingerprint density at radius 1 is 1.13 bits per heavy atom. The van der Waals surface area contributed by atoms with E-state index in [0.717, 1.165) is 72.7 Å². The molecule has 31 heavy (non-hydrogen) atoms. The quantitative estimate of drug-likeness (QED) is 0.335. The topological polar surface area (TPSA) is 65.3 Å². The monoisotopic (exact) mass is 503 g/mol. The van der Waals surface area contributed by atoms with E-state index in [2.05, 4.69) is 67.1 Å². The van der Waals surface area contributed by atoms with Crippen LogP contribution in [0.1, 0.15) is 5.56 Å². The summed E-state index contributed by atoms with van der Waals surface area (Å²) in [5.41, 5.74) is 4.72. The molecule has 0 atom stereocenters. The fourth-order valence-electron chi connectivity index (χ4n) is 3.56. The molecule has 0 unspecified atom stereocenters. The number of nitrogens with zero attached hydrogens (tertiary/aromatic N) is 5. The van der Waals surface area contributed by atoms with Gasteiger partial charge in [-0.05, 0) is 39.7 Å². The Morgan fingerprint density at radius 2 is 1.94 bits per heavy atom. The van der Waals surface area contributed by atoms with Crippen LogP contribution in [0, 0.1) is 0 Å². The predicted molar refractivity (Wildman–Crippen MR) is 129 cm³/mol. The third kappa shape index (κ3) is 5.98. The summed E-state index contributed by atoms with van der Waals surface area (Å²) >= 11 is 3.43. The van der Waals surface area contributed by atoms with Crippen LogP contribution in [0.3, 0.4) is 0 Å². The van der Waals surface area contributed by atoms with Crippen LogP contribution in [0.25, 0.3) is 22.6 Å². The number of halogens is 1. The van der Waals surface area contributed by atoms with Crippen LogP contribution >= 0.6 is 15.9 Å². The zero-order valence-corrected chi connectivity index (χ0v) is 21.1.